The van der Waals surface area contributed by atoms with Crippen LogP contribution in [0.2, 0.25) is 0 Å². The lowest BCUT2D eigenvalue weighted by molar-refractivity contribution is 0.791. The lowest BCUT2D eigenvalue weighted by Crippen LogP contribution is -2.10. The number of hydrogen-bond donors (Lipinski definition) is 1. The van der Waals surface area contributed by atoms with Crippen LogP contribution in [0.4, 0.5) is 0 Å². The first-order valence-corrected chi connectivity index (χ1v) is 4.83. The van der Waals surface area contributed by atoms with E-state index in [9.17, 15) is 0 Å². The predicted octanol–water partition coefficient (Wildman–Crippen LogP) is 2.67. The Morgan fingerprint density at radius 3 is 3.00 bits per heavy atom. The molecule has 0 radical (unpaired) electrons. The van der Waals surface area contributed by atoms with Crippen LogP contribution in [0.3, 0.4) is 0 Å². The molecule has 0 bridgehead atoms. The van der Waals surface area contributed by atoms with Crippen LogP contribution in [-0.4, -0.2) is 0 Å². The third-order valence-electron chi connectivity index (χ3n) is 2.60. The van der Waals surface area contributed by atoms with Crippen LogP contribution in [0.1, 0.15) is 36.1 Å². The van der Waals surface area contributed by atoms with E-state index in [1.807, 2.05) is 6.92 Å². The number of allylic oxidation sites excluding steroid dienone is 1. The molecule has 0 aromatic heterocycles. The van der Waals surface area contributed by atoms with Gasteiger partial charge in [-0.25, -0.2) is 0 Å². The summed E-state index contributed by atoms with van der Waals surface area (Å²) in [6, 6.07) is 6.55. The second kappa shape index (κ2) is 3.35. The van der Waals surface area contributed by atoms with Crippen LogP contribution in [0, 0.1) is 0 Å². The van der Waals surface area contributed by atoms with Crippen LogP contribution in [0.5, 0.6) is 0 Å². The van der Waals surface area contributed by atoms with Crippen molar-refractivity contribution in [3.63, 3.8) is 0 Å². The summed E-state index contributed by atoms with van der Waals surface area (Å²) in [5.41, 5.74) is 10.0. The molecule has 1 atom stereocenters. The van der Waals surface area contributed by atoms with E-state index in [4.69, 9.17) is 5.73 Å². The lowest BCUT2D eigenvalue weighted by Gasteiger charge is -2.17. The molecule has 1 aromatic carbocycles. The highest BCUT2D eigenvalue weighted by molar-refractivity contribution is 5.58. The second-order valence-electron chi connectivity index (χ2n) is 3.64. The van der Waals surface area contributed by atoms with E-state index < -0.39 is 0 Å². The van der Waals surface area contributed by atoms with Gasteiger partial charge in [-0.3, -0.25) is 0 Å². The Hall–Kier alpha value is -1.08. The van der Waals surface area contributed by atoms with Crippen LogP contribution >= 0.6 is 0 Å². The molecule has 0 saturated heterocycles. The SMILES string of the molecule is C[C@H](N)c1cccc2c1CCC=C2. The fourth-order valence-corrected chi connectivity index (χ4v) is 1.93. The molecule has 0 fully saturated rings. The third kappa shape index (κ3) is 1.52. The molecule has 0 amide bonds. The molecule has 1 aliphatic rings. The number of rotatable bonds is 1. The predicted molar refractivity (Wildman–Crippen MR) is 56.4 cm³/mol. The van der Waals surface area contributed by atoms with E-state index in [1.54, 1.807) is 0 Å². The number of fused-ring (bicyclic) bond motifs is 1. The Balaban J connectivity index is 2.53. The molecule has 2 N–H and O–H groups in total. The third-order valence-corrected chi connectivity index (χ3v) is 2.60. The zero-order chi connectivity index (χ0) is 9.26. The van der Waals surface area contributed by atoms with Crippen molar-refractivity contribution in [1.29, 1.82) is 0 Å². The van der Waals surface area contributed by atoms with E-state index in [2.05, 4.69) is 30.4 Å². The number of benzene rings is 1. The zero-order valence-electron chi connectivity index (χ0n) is 7.96. The molecule has 1 aliphatic carbocycles. The summed E-state index contributed by atoms with van der Waals surface area (Å²) >= 11 is 0. The molecular formula is C12H15N. The smallest absolute Gasteiger partial charge is 0.0269 e. The Labute approximate surface area is 79.3 Å². The summed E-state index contributed by atoms with van der Waals surface area (Å²) in [7, 11) is 0. The molecule has 1 nitrogen and oxygen atoms in total. The lowest BCUT2D eigenvalue weighted by atomic mass is 9.90. The summed E-state index contributed by atoms with van der Waals surface area (Å²) in [5, 5.41) is 0. The summed E-state index contributed by atoms with van der Waals surface area (Å²) in [5.74, 6) is 0. The monoisotopic (exact) mass is 173 g/mol. The second-order valence-corrected chi connectivity index (χ2v) is 3.64. The highest BCUT2D eigenvalue weighted by atomic mass is 14.6. The average Bonchev–Trinajstić information content (AvgIpc) is 2.17. The van der Waals surface area contributed by atoms with E-state index in [0.717, 1.165) is 12.8 Å². The Morgan fingerprint density at radius 2 is 2.23 bits per heavy atom. The maximum absolute atomic E-state index is 5.91. The van der Waals surface area contributed by atoms with Gasteiger partial charge in [-0.1, -0.05) is 30.4 Å². The minimum Gasteiger partial charge on any atom is -0.324 e. The molecule has 1 heteroatoms. The van der Waals surface area contributed by atoms with Gasteiger partial charge in [-0.2, -0.15) is 0 Å². The van der Waals surface area contributed by atoms with Crippen molar-refractivity contribution >= 4 is 6.08 Å². The first-order valence-electron chi connectivity index (χ1n) is 4.83. The molecule has 13 heavy (non-hydrogen) atoms. The minimum atomic E-state index is 0.154. The first-order chi connectivity index (χ1) is 6.29. The largest absolute Gasteiger partial charge is 0.324 e. The van der Waals surface area contributed by atoms with Crippen LogP contribution in [0.15, 0.2) is 24.3 Å². The van der Waals surface area contributed by atoms with Crippen molar-refractivity contribution in [2.24, 2.45) is 5.73 Å². The summed E-state index contributed by atoms with van der Waals surface area (Å²) in [6.07, 6.45) is 6.72. The van der Waals surface area contributed by atoms with Crippen LogP contribution in [0.25, 0.3) is 6.08 Å². The Kier molecular flexibility index (Phi) is 2.19. The molecular weight excluding hydrogens is 158 g/mol. The van der Waals surface area contributed by atoms with Gasteiger partial charge in [0, 0.05) is 6.04 Å². The van der Waals surface area contributed by atoms with Gasteiger partial charge >= 0.3 is 0 Å². The summed E-state index contributed by atoms with van der Waals surface area (Å²) in [4.78, 5) is 0. The maximum atomic E-state index is 5.91. The molecule has 2 rings (SSSR count). The van der Waals surface area contributed by atoms with Crippen LogP contribution in [-0.2, 0) is 6.42 Å². The van der Waals surface area contributed by atoms with Gasteiger partial charge < -0.3 is 5.73 Å². The normalized spacial score (nSPS) is 16.8. The fourth-order valence-electron chi connectivity index (χ4n) is 1.93. The van der Waals surface area contributed by atoms with E-state index in [0.29, 0.717) is 0 Å². The first kappa shape index (κ1) is 8.52. The van der Waals surface area contributed by atoms with Crippen molar-refractivity contribution in [2.75, 3.05) is 0 Å². The average molecular weight is 173 g/mol. The Morgan fingerprint density at radius 1 is 1.38 bits per heavy atom. The molecule has 0 unspecified atom stereocenters. The van der Waals surface area contributed by atoms with Crippen molar-refractivity contribution in [3.05, 3.63) is 41.0 Å². The Bertz CT molecular complexity index is 337. The van der Waals surface area contributed by atoms with Gasteiger partial charge in [0.2, 0.25) is 0 Å². The minimum absolute atomic E-state index is 0.154. The highest BCUT2D eigenvalue weighted by Crippen LogP contribution is 2.25. The van der Waals surface area contributed by atoms with Crippen molar-refractivity contribution in [2.45, 2.75) is 25.8 Å². The molecule has 0 heterocycles. The summed E-state index contributed by atoms with van der Waals surface area (Å²) < 4.78 is 0. The molecule has 0 spiro atoms. The number of hydrogen-bond acceptors (Lipinski definition) is 1. The standard InChI is InChI=1S/C12H15N/c1-9(13)11-8-4-6-10-5-2-3-7-12(10)11/h2,4-6,8-9H,3,7,13H2,1H3/t9-/m0/s1. The van der Waals surface area contributed by atoms with Crippen molar-refractivity contribution < 1.29 is 0 Å². The number of nitrogens with two attached hydrogens (primary N) is 1. The zero-order valence-corrected chi connectivity index (χ0v) is 7.96. The van der Waals surface area contributed by atoms with Gasteiger partial charge in [0.05, 0.1) is 0 Å². The van der Waals surface area contributed by atoms with Crippen molar-refractivity contribution in [1.82, 2.24) is 0 Å². The van der Waals surface area contributed by atoms with Gasteiger partial charge in [0.15, 0.2) is 0 Å². The highest BCUT2D eigenvalue weighted by Gasteiger charge is 2.11. The molecule has 0 aliphatic heterocycles. The molecule has 0 saturated carbocycles. The topological polar surface area (TPSA) is 26.0 Å². The fraction of sp³-hybridized carbons (Fsp3) is 0.333. The quantitative estimate of drug-likeness (QED) is 0.694. The van der Waals surface area contributed by atoms with Crippen molar-refractivity contribution in [3.8, 4) is 0 Å². The molecule has 68 valence electrons. The summed E-state index contributed by atoms with van der Waals surface area (Å²) in [6.45, 7) is 2.05. The van der Waals surface area contributed by atoms with Crippen LogP contribution < -0.4 is 5.73 Å². The van der Waals surface area contributed by atoms with Gasteiger partial charge in [0.1, 0.15) is 0 Å². The maximum Gasteiger partial charge on any atom is 0.0269 e. The van der Waals surface area contributed by atoms with Gasteiger partial charge in [-0.05, 0) is 36.5 Å². The van der Waals surface area contributed by atoms with E-state index >= 15 is 0 Å². The van der Waals surface area contributed by atoms with E-state index in [-0.39, 0.29) is 6.04 Å². The van der Waals surface area contributed by atoms with Gasteiger partial charge in [0.25, 0.3) is 0 Å². The van der Waals surface area contributed by atoms with Gasteiger partial charge in [-0.15, -0.1) is 0 Å². The molecule has 1 aromatic rings. The van der Waals surface area contributed by atoms with E-state index in [1.165, 1.54) is 16.7 Å².